The van der Waals surface area contributed by atoms with Crippen LogP contribution < -0.4 is 10.6 Å². The summed E-state index contributed by atoms with van der Waals surface area (Å²) in [6.45, 7) is 6.93. The minimum absolute atomic E-state index is 0.212. The van der Waals surface area contributed by atoms with Gasteiger partial charge in [-0.2, -0.15) is 0 Å². The maximum atomic E-state index is 9.64. The number of likely N-dealkylation sites (N-methyl/N-ethyl adjacent to an activating group) is 1. The first kappa shape index (κ1) is 25.8. The Morgan fingerprint density at radius 3 is 2.43 bits per heavy atom. The lowest BCUT2D eigenvalue weighted by atomic mass is 10.1. The second-order valence-electron chi connectivity index (χ2n) is 9.05. The number of phenols is 1. The Morgan fingerprint density at radius 1 is 1.05 bits per heavy atom. The van der Waals surface area contributed by atoms with Gasteiger partial charge in [-0.05, 0) is 42.0 Å². The first-order valence-corrected chi connectivity index (χ1v) is 12.7. The third kappa shape index (κ3) is 6.30. The molecular formula is C28H36N8O. The van der Waals surface area contributed by atoms with Gasteiger partial charge in [0, 0.05) is 43.9 Å². The van der Waals surface area contributed by atoms with Crippen LogP contribution in [-0.2, 0) is 6.54 Å². The summed E-state index contributed by atoms with van der Waals surface area (Å²) in [5.74, 6) is 2.28. The fourth-order valence-electron chi connectivity index (χ4n) is 4.02. The number of unbranched alkanes of at least 4 members (excludes halogenated alkanes) is 1. The van der Waals surface area contributed by atoms with Crippen molar-refractivity contribution >= 4 is 17.5 Å². The molecule has 0 amide bonds. The van der Waals surface area contributed by atoms with Crippen molar-refractivity contribution in [3.05, 3.63) is 84.2 Å². The number of aromatic nitrogens is 2. The Morgan fingerprint density at radius 2 is 1.78 bits per heavy atom. The van der Waals surface area contributed by atoms with Crippen molar-refractivity contribution < 1.29 is 5.11 Å². The van der Waals surface area contributed by atoms with Crippen LogP contribution in [0.1, 0.15) is 32.3 Å². The van der Waals surface area contributed by atoms with Crippen LogP contribution in [0.2, 0.25) is 0 Å². The molecule has 2 aromatic carbocycles. The molecule has 0 saturated carbocycles. The lowest BCUT2D eigenvalue weighted by Crippen LogP contribution is -2.51. The van der Waals surface area contributed by atoms with E-state index < -0.39 is 0 Å². The van der Waals surface area contributed by atoms with Gasteiger partial charge in [-0.15, -0.1) is 0 Å². The van der Waals surface area contributed by atoms with E-state index >= 15 is 0 Å². The molecular weight excluding hydrogens is 464 g/mol. The molecule has 4 N–H and O–H groups in total. The van der Waals surface area contributed by atoms with Crippen LogP contribution >= 0.6 is 0 Å². The summed E-state index contributed by atoms with van der Waals surface area (Å²) in [5, 5.41) is 25.4. The van der Waals surface area contributed by atoms with Crippen molar-refractivity contribution in [1.29, 1.82) is 5.41 Å². The lowest BCUT2D eigenvalue weighted by molar-refractivity contribution is 0.454. The minimum Gasteiger partial charge on any atom is -0.508 e. The van der Waals surface area contributed by atoms with Gasteiger partial charge in [-0.1, -0.05) is 38.8 Å². The third-order valence-electron chi connectivity index (χ3n) is 6.26. The number of amidine groups is 1. The second kappa shape index (κ2) is 12.1. The molecule has 0 unspecified atom stereocenters. The Bertz CT molecular complexity index is 1230. The average Bonchev–Trinajstić information content (AvgIpc) is 3.64. The zero-order valence-electron chi connectivity index (χ0n) is 21.8. The molecule has 0 atom stereocenters. The molecule has 0 radical (unpaired) electrons. The molecule has 0 bridgehead atoms. The number of aromatic hydroxyl groups is 1. The second-order valence-corrected chi connectivity index (χ2v) is 9.05. The highest BCUT2D eigenvalue weighted by Gasteiger charge is 2.33. The lowest BCUT2D eigenvalue weighted by Gasteiger charge is -2.36. The van der Waals surface area contributed by atoms with Crippen LogP contribution in [0.4, 0.5) is 5.69 Å². The summed E-state index contributed by atoms with van der Waals surface area (Å²) >= 11 is 0. The number of imidazole rings is 1. The Labute approximate surface area is 218 Å². The first-order valence-electron chi connectivity index (χ1n) is 12.7. The van der Waals surface area contributed by atoms with Gasteiger partial charge in [0.05, 0.1) is 25.0 Å². The van der Waals surface area contributed by atoms with Crippen molar-refractivity contribution in [3.63, 3.8) is 0 Å². The van der Waals surface area contributed by atoms with E-state index in [2.05, 4.69) is 63.6 Å². The Kier molecular flexibility index (Phi) is 8.45. The molecule has 37 heavy (non-hydrogen) atoms. The SMILES string of the molecule is CCCC.CN1C/C(=C(/NCc2ccc(-n3ccnc3)cc2)Nc2ccc(O)cc2)C(=N)N2CCN=C12. The van der Waals surface area contributed by atoms with Crippen LogP contribution in [0.25, 0.3) is 5.69 Å². The van der Waals surface area contributed by atoms with E-state index in [-0.39, 0.29) is 5.75 Å². The topological polar surface area (TPSA) is 105 Å². The van der Waals surface area contributed by atoms with E-state index in [1.165, 1.54) is 12.8 Å². The fraction of sp³-hybridized carbons (Fsp3) is 0.321. The summed E-state index contributed by atoms with van der Waals surface area (Å²) in [6, 6.07) is 15.2. The van der Waals surface area contributed by atoms with Gasteiger partial charge in [-0.3, -0.25) is 15.3 Å². The average molecular weight is 501 g/mol. The van der Waals surface area contributed by atoms with Crippen molar-refractivity contribution in [1.82, 2.24) is 24.7 Å². The van der Waals surface area contributed by atoms with Gasteiger partial charge in [-0.25, -0.2) is 4.98 Å². The van der Waals surface area contributed by atoms with Gasteiger partial charge in [0.25, 0.3) is 0 Å². The zero-order chi connectivity index (χ0) is 26.2. The number of rotatable bonds is 7. The highest BCUT2D eigenvalue weighted by Crippen LogP contribution is 2.22. The molecule has 0 aliphatic carbocycles. The number of anilines is 1. The number of nitrogens with one attached hydrogen (secondary N) is 3. The predicted octanol–water partition coefficient (Wildman–Crippen LogP) is 4.39. The molecule has 9 heteroatoms. The molecule has 3 heterocycles. The number of nitrogens with zero attached hydrogens (tertiary/aromatic N) is 5. The maximum Gasteiger partial charge on any atom is 0.202 e. The molecule has 2 aliphatic heterocycles. The summed E-state index contributed by atoms with van der Waals surface area (Å²) in [4.78, 5) is 12.6. The summed E-state index contributed by atoms with van der Waals surface area (Å²) < 4.78 is 1.96. The van der Waals surface area contributed by atoms with Gasteiger partial charge in [0.1, 0.15) is 17.4 Å². The van der Waals surface area contributed by atoms with E-state index in [0.29, 0.717) is 32.0 Å². The van der Waals surface area contributed by atoms with Crippen LogP contribution in [0, 0.1) is 5.41 Å². The van der Waals surface area contributed by atoms with Crippen LogP contribution in [0.15, 0.2) is 83.6 Å². The number of phenolic OH excluding ortho intramolecular Hbond substituents is 1. The molecule has 1 saturated heterocycles. The number of aliphatic imine (C=N–C) groups is 1. The highest BCUT2D eigenvalue weighted by atomic mass is 16.3. The molecule has 5 rings (SSSR count). The summed E-state index contributed by atoms with van der Waals surface area (Å²) in [5.41, 5.74) is 3.85. The smallest absolute Gasteiger partial charge is 0.202 e. The molecule has 1 aromatic heterocycles. The maximum absolute atomic E-state index is 9.64. The first-order chi connectivity index (χ1) is 18.0. The molecule has 2 aliphatic rings. The van der Waals surface area contributed by atoms with Gasteiger partial charge in [0.2, 0.25) is 5.96 Å². The minimum atomic E-state index is 0.212. The van der Waals surface area contributed by atoms with E-state index in [0.717, 1.165) is 34.3 Å². The molecule has 1 fully saturated rings. The summed E-state index contributed by atoms with van der Waals surface area (Å²) in [6.07, 6.45) is 8.09. The summed E-state index contributed by atoms with van der Waals surface area (Å²) in [7, 11) is 2.00. The predicted molar refractivity (Wildman–Crippen MR) is 149 cm³/mol. The largest absolute Gasteiger partial charge is 0.508 e. The van der Waals surface area contributed by atoms with Gasteiger partial charge in [0.15, 0.2) is 0 Å². The molecule has 0 spiro atoms. The highest BCUT2D eigenvalue weighted by molar-refractivity contribution is 6.11. The number of fused-ring (bicyclic) bond motifs is 1. The number of benzene rings is 2. The van der Waals surface area contributed by atoms with Crippen molar-refractivity contribution in [3.8, 4) is 11.4 Å². The number of hydrogen-bond donors (Lipinski definition) is 4. The normalized spacial score (nSPS) is 16.0. The molecule has 9 nitrogen and oxygen atoms in total. The van der Waals surface area contributed by atoms with E-state index in [1.807, 2.05) is 34.8 Å². The molecule has 3 aromatic rings. The van der Waals surface area contributed by atoms with Crippen LogP contribution in [0.5, 0.6) is 5.75 Å². The third-order valence-corrected chi connectivity index (χ3v) is 6.26. The molecule has 194 valence electrons. The Balaban J connectivity index is 0.000000747. The van der Waals surface area contributed by atoms with Crippen LogP contribution in [0.3, 0.4) is 0 Å². The van der Waals surface area contributed by atoms with E-state index in [9.17, 15) is 5.11 Å². The number of guanidine groups is 1. The Hall–Kier alpha value is -4.27. The van der Waals surface area contributed by atoms with Gasteiger partial charge < -0.3 is 25.2 Å². The zero-order valence-corrected chi connectivity index (χ0v) is 21.8. The van der Waals surface area contributed by atoms with E-state index in [4.69, 9.17) is 5.41 Å². The van der Waals surface area contributed by atoms with Crippen molar-refractivity contribution in [2.45, 2.75) is 33.2 Å². The monoisotopic (exact) mass is 500 g/mol. The van der Waals surface area contributed by atoms with Crippen molar-refractivity contribution in [2.75, 3.05) is 32.0 Å². The van der Waals surface area contributed by atoms with Crippen molar-refractivity contribution in [2.24, 2.45) is 4.99 Å². The fourth-order valence-corrected chi connectivity index (χ4v) is 4.02. The standard InChI is InChI=1S/C24H26N8O.C4H10/c1-30-15-21(22(25)32-13-11-27-24(30)32)23(29-18-4-8-20(33)9-5-18)28-14-17-2-6-19(7-3-17)31-12-10-26-16-31;1-3-4-2/h2-10,12,16,25,28-29,33H,11,13-15H2,1H3;3-4H2,1-2H3/b23-21+,25-22?;. The number of hydrogen-bond acceptors (Lipinski definition) is 7. The quantitative estimate of drug-likeness (QED) is 0.359. The van der Waals surface area contributed by atoms with Gasteiger partial charge >= 0.3 is 0 Å². The van der Waals surface area contributed by atoms with Crippen LogP contribution in [-0.4, -0.2) is 62.9 Å². The van der Waals surface area contributed by atoms with E-state index in [1.54, 1.807) is 24.7 Å².